The molecule has 10 heteroatoms. The monoisotopic (exact) mass is 1950 g/mol. The van der Waals surface area contributed by atoms with Gasteiger partial charge in [0.15, 0.2) is 0 Å². The second-order valence-electron chi connectivity index (χ2n) is 46.8. The molecule has 0 unspecified atom stereocenters. The third-order valence-electron chi connectivity index (χ3n) is 21.8. The van der Waals surface area contributed by atoms with Gasteiger partial charge >= 0.3 is 0 Å². The summed E-state index contributed by atoms with van der Waals surface area (Å²) in [5, 5.41) is 3.97. The van der Waals surface area contributed by atoms with Gasteiger partial charge in [-0.2, -0.15) is 0 Å². The first-order valence-corrected chi connectivity index (χ1v) is 49.3. The zero-order valence-corrected chi connectivity index (χ0v) is 95.3. The number of aryl methyl sites for hydroxylation is 3. The summed E-state index contributed by atoms with van der Waals surface area (Å²) in [6.45, 7) is 84.8. The fraction of sp³-hybridized carbons (Fsp3) is 0.429. The lowest BCUT2D eigenvalue weighted by Crippen LogP contribution is -2.12. The van der Waals surface area contributed by atoms with E-state index in [0.717, 1.165) is 53.5 Å². The van der Waals surface area contributed by atoms with E-state index in [1.165, 1.54) is 90.5 Å². The summed E-state index contributed by atoms with van der Waals surface area (Å²) in [5.74, 6) is 2.51. The van der Waals surface area contributed by atoms with Gasteiger partial charge in [0, 0.05) is 25.1 Å². The minimum absolute atomic E-state index is 0.00935. The van der Waals surface area contributed by atoms with Crippen LogP contribution >= 0.6 is 58.0 Å². The van der Waals surface area contributed by atoms with Crippen LogP contribution in [-0.4, -0.2) is 21.3 Å². The molecule has 0 aliphatic carbocycles. The fourth-order valence-electron chi connectivity index (χ4n) is 13.1. The summed E-state index contributed by atoms with van der Waals surface area (Å²) < 4.78 is 40.7. The summed E-state index contributed by atoms with van der Waals surface area (Å²) >= 11 is 29.7. The van der Waals surface area contributed by atoms with Crippen molar-refractivity contribution in [1.29, 1.82) is 0 Å². The molecule has 0 radical (unpaired) electrons. The smallest absolute Gasteiger partial charge is 0.123 e. The molecule has 0 spiro atoms. The third-order valence-corrected chi connectivity index (χ3v) is 23.2. The van der Waals surface area contributed by atoms with Crippen LogP contribution in [0.2, 0.25) is 25.1 Å². The lowest BCUT2D eigenvalue weighted by Gasteiger charge is -2.21. The minimum atomic E-state index is -0.169. The first kappa shape index (κ1) is 125. The van der Waals surface area contributed by atoms with Gasteiger partial charge in [-0.3, -0.25) is 0 Å². The zero-order chi connectivity index (χ0) is 105. The maximum absolute atomic E-state index is 12.7. The van der Waals surface area contributed by atoms with Crippen LogP contribution in [0.5, 0.6) is 17.2 Å². The van der Waals surface area contributed by atoms with Gasteiger partial charge in [-0.25, -0.2) is 8.78 Å². The molecule has 3 nitrogen and oxygen atoms in total. The van der Waals surface area contributed by atoms with E-state index in [2.05, 4.69) is 397 Å². The molecule has 0 atom stereocenters. The van der Waals surface area contributed by atoms with E-state index in [-0.39, 0.29) is 76.6 Å². The summed E-state index contributed by atoms with van der Waals surface area (Å²) in [5.41, 5.74) is 21.5. The molecule has 0 amide bonds. The predicted octanol–water partition coefficient (Wildman–Crippen LogP) is 40.3. The van der Waals surface area contributed by atoms with Crippen LogP contribution < -0.4 is 14.2 Å². The Kier molecular flexibility index (Phi) is 51.6. The number of hydrogen-bond acceptors (Lipinski definition) is 3. The highest BCUT2D eigenvalue weighted by Gasteiger charge is 2.24. The summed E-state index contributed by atoms with van der Waals surface area (Å²) in [6, 6.07) is 93.6. The Bertz CT molecular complexity index is 5050. The van der Waals surface area contributed by atoms with Gasteiger partial charge < -0.3 is 14.2 Å². The van der Waals surface area contributed by atoms with Gasteiger partial charge in [-0.05, 0) is 255 Å². The molecule has 0 heterocycles. The number of hydrogen-bond donors (Lipinski definition) is 0. The van der Waals surface area contributed by atoms with E-state index in [4.69, 9.17) is 72.2 Å². The normalized spacial score (nSPS) is 11.6. The number of ether oxygens (including phenoxy) is 3. The quantitative estimate of drug-likeness (QED) is 0.176. The first-order valence-electron chi connectivity index (χ1n) is 47.5. The topological polar surface area (TPSA) is 27.7 Å². The average molecular weight is 1950 g/mol. The van der Waals surface area contributed by atoms with Crippen LogP contribution in [0.3, 0.4) is 0 Å². The van der Waals surface area contributed by atoms with Gasteiger partial charge in [0.1, 0.15) is 28.9 Å². The molecule has 0 fully saturated rings. The second-order valence-corrected chi connectivity index (χ2v) is 48.9. The standard InChI is InChI=1S/3C11H16O.3C11H16.C10H12Cl2.3C10H13Cl.2C10H13F/c1-11(2,3)9-5-7-10(12-4)8-6-9;1-11(2,3)9-6-5-7-10(8-9)12-4;1-11(2,3)9-7-5-6-8-10(9)12-4;1-9-5-7-10(8-6-9)11(2,3)4;1-9-6-5-7-10(8-9)11(2,3)4;1-9-7-5-6-8-10(9)11(2,3)4;1-10(2,3)9-7(11)5-4-6-8(9)12;1-10(2,3)8-4-6-9(11)7-5-8;1-10(2,3)8-5-4-6-9(11)7-8;1-10(2,3)8-6-4-5-7-9(8)11;1-10(2,3)8-4-6-9(11)7-5-8;1-10(2,3)8-5-4-6-9(11)7-8/h3*5-8H,1-4H3;3*5-8H,1-4H3;4-6H,1-3H3;5*4-7H,1-3H3. The molecule has 12 rings (SSSR count). The minimum Gasteiger partial charge on any atom is -0.497 e. The Morgan fingerprint density at radius 1 is 0.199 bits per heavy atom. The van der Waals surface area contributed by atoms with Crippen molar-refractivity contribution in [3.8, 4) is 17.2 Å². The molecule has 12 aromatic rings. The van der Waals surface area contributed by atoms with Gasteiger partial charge in [0.05, 0.1) is 21.3 Å². The molecule has 0 N–H and O–H groups in total. The second kappa shape index (κ2) is 56.0. The Morgan fingerprint density at radius 3 is 0.824 bits per heavy atom. The number of benzene rings is 12. The molecule has 0 saturated heterocycles. The number of methoxy groups -OCH3 is 3. The van der Waals surface area contributed by atoms with Crippen molar-refractivity contribution < 1.29 is 23.0 Å². The zero-order valence-electron chi connectivity index (χ0n) is 91.5. The van der Waals surface area contributed by atoms with Crippen molar-refractivity contribution in [2.45, 2.75) is 335 Å². The Hall–Kier alpha value is -8.65. The molecular weight excluding hydrogens is 1780 g/mol. The maximum Gasteiger partial charge on any atom is 0.123 e. The third kappa shape index (κ3) is 50.3. The highest BCUT2D eigenvalue weighted by molar-refractivity contribution is 6.36. The van der Waals surface area contributed by atoms with E-state index in [1.54, 1.807) is 33.5 Å². The van der Waals surface area contributed by atoms with Crippen LogP contribution in [0.1, 0.15) is 333 Å². The molecule has 136 heavy (non-hydrogen) atoms. The van der Waals surface area contributed by atoms with Gasteiger partial charge in [-0.15, -0.1) is 0 Å². The van der Waals surface area contributed by atoms with E-state index < -0.39 is 0 Å². The van der Waals surface area contributed by atoms with Crippen LogP contribution in [0.4, 0.5) is 8.78 Å². The first-order chi connectivity index (χ1) is 62.1. The average Bonchev–Trinajstić information content (AvgIpc) is 0.820. The largest absolute Gasteiger partial charge is 0.497 e. The highest BCUT2D eigenvalue weighted by atomic mass is 35.5. The Labute approximate surface area is 853 Å². The van der Waals surface area contributed by atoms with Crippen molar-refractivity contribution >= 4 is 58.0 Å². The summed E-state index contributed by atoms with van der Waals surface area (Å²) in [7, 11) is 5.10. The van der Waals surface area contributed by atoms with Gasteiger partial charge in [0.25, 0.3) is 0 Å². The lowest BCUT2D eigenvalue weighted by atomic mass is 9.84. The molecule has 12 aromatic carbocycles. The molecule has 0 aliphatic heterocycles. The number of para-hydroxylation sites is 1. The fourth-order valence-corrected chi connectivity index (χ4v) is 14.8. The predicted molar refractivity (Wildman–Crippen MR) is 601 cm³/mol. The summed E-state index contributed by atoms with van der Waals surface area (Å²) in [6.07, 6.45) is 0. The lowest BCUT2D eigenvalue weighted by molar-refractivity contribution is 0.397. The SMILES string of the molecule is CC(C)(C)c1c(Cl)cccc1Cl.CC(C)(C)c1ccc(Cl)cc1.CC(C)(C)c1ccc(F)cc1.CC(C)(C)c1cccc(Cl)c1.CC(C)(C)c1cccc(F)c1.CC(C)(C)c1ccccc1Cl.COc1ccc(C(C)(C)C)cc1.COc1cccc(C(C)(C)C)c1.COc1ccccc1C(C)(C)C.Cc1ccc(C(C)(C)C)cc1.Cc1cccc(C(C)(C)C)c1.Cc1ccccc1C(C)(C)C. The van der Waals surface area contributed by atoms with E-state index in [1.807, 2.05) is 127 Å². The van der Waals surface area contributed by atoms with Crippen molar-refractivity contribution in [3.05, 3.63) is 405 Å². The number of rotatable bonds is 3. The van der Waals surface area contributed by atoms with Crippen LogP contribution in [-0.2, 0) is 65.0 Å². The molecule has 0 aliphatic rings. The Morgan fingerprint density at radius 2 is 0.515 bits per heavy atom. The van der Waals surface area contributed by atoms with Crippen LogP contribution in [0, 0.1) is 32.4 Å². The van der Waals surface area contributed by atoms with Crippen molar-refractivity contribution in [2.75, 3.05) is 21.3 Å². The van der Waals surface area contributed by atoms with E-state index in [9.17, 15) is 8.78 Å². The maximum atomic E-state index is 12.7. The molecule has 744 valence electrons. The van der Waals surface area contributed by atoms with Crippen molar-refractivity contribution in [2.24, 2.45) is 0 Å². The molecule has 0 bridgehead atoms. The van der Waals surface area contributed by atoms with Crippen LogP contribution in [0.25, 0.3) is 0 Å². The van der Waals surface area contributed by atoms with E-state index in [0.29, 0.717) is 0 Å². The van der Waals surface area contributed by atoms with E-state index >= 15 is 0 Å². The van der Waals surface area contributed by atoms with Gasteiger partial charge in [-0.1, -0.05) is 506 Å². The Balaban J connectivity index is 0.000000742. The molecular formula is C126H173Cl5F2O3. The van der Waals surface area contributed by atoms with Crippen molar-refractivity contribution in [1.82, 2.24) is 0 Å². The highest BCUT2D eigenvalue weighted by Crippen LogP contribution is 2.37. The van der Waals surface area contributed by atoms with Crippen molar-refractivity contribution in [3.63, 3.8) is 0 Å². The number of halogens is 7. The van der Waals surface area contributed by atoms with Crippen LogP contribution in [0.15, 0.2) is 285 Å². The molecule has 0 saturated carbocycles. The molecule has 0 aromatic heterocycles. The van der Waals surface area contributed by atoms with Gasteiger partial charge in [0.2, 0.25) is 0 Å². The summed E-state index contributed by atoms with van der Waals surface area (Å²) in [4.78, 5) is 0.